The van der Waals surface area contributed by atoms with Gasteiger partial charge in [0.15, 0.2) is 0 Å². The molecule has 0 unspecified atom stereocenters. The van der Waals surface area contributed by atoms with E-state index in [0.29, 0.717) is 5.92 Å². The molecule has 0 aliphatic heterocycles. The van der Waals surface area contributed by atoms with Crippen molar-refractivity contribution >= 4 is 5.97 Å². The molecule has 0 bridgehead atoms. The lowest BCUT2D eigenvalue weighted by Gasteiger charge is -2.32. The highest BCUT2D eigenvalue weighted by Crippen LogP contribution is 2.31. The van der Waals surface area contributed by atoms with Gasteiger partial charge < -0.3 is 10.0 Å². The Morgan fingerprint density at radius 3 is 2.70 bits per heavy atom. The Morgan fingerprint density at radius 1 is 1.30 bits per heavy atom. The molecule has 0 heterocycles. The summed E-state index contributed by atoms with van der Waals surface area (Å²) in [5.41, 5.74) is 2.63. The molecule has 3 heteroatoms. The van der Waals surface area contributed by atoms with Crippen LogP contribution in [-0.4, -0.2) is 29.6 Å². The number of nitrogens with zero attached hydrogens (tertiary/aromatic N) is 1. The maximum Gasteiger partial charge on any atom is 0.306 e. The van der Waals surface area contributed by atoms with E-state index in [-0.39, 0.29) is 5.92 Å². The molecule has 0 radical (unpaired) electrons. The Morgan fingerprint density at radius 2 is 2.00 bits per heavy atom. The van der Waals surface area contributed by atoms with Crippen molar-refractivity contribution in [3.8, 4) is 0 Å². The van der Waals surface area contributed by atoms with Crippen LogP contribution < -0.4 is 0 Å². The van der Waals surface area contributed by atoms with Gasteiger partial charge >= 0.3 is 5.97 Å². The SMILES string of the molecule is Cc1ccccc1CN(C)C[C@H]1CCCC[C@@H]1C(=O)O. The van der Waals surface area contributed by atoms with Crippen LogP contribution in [0, 0.1) is 18.8 Å². The van der Waals surface area contributed by atoms with E-state index in [1.165, 1.54) is 17.5 Å². The van der Waals surface area contributed by atoms with Crippen molar-refractivity contribution < 1.29 is 9.90 Å². The molecule has 0 saturated heterocycles. The second-order valence-electron chi connectivity index (χ2n) is 6.11. The second kappa shape index (κ2) is 6.89. The summed E-state index contributed by atoms with van der Waals surface area (Å²) >= 11 is 0. The molecule has 110 valence electrons. The molecule has 0 spiro atoms. The van der Waals surface area contributed by atoms with Gasteiger partial charge in [0, 0.05) is 13.1 Å². The van der Waals surface area contributed by atoms with Gasteiger partial charge in [-0.1, -0.05) is 37.1 Å². The summed E-state index contributed by atoms with van der Waals surface area (Å²) in [6.07, 6.45) is 4.13. The Kier molecular flexibility index (Phi) is 5.18. The summed E-state index contributed by atoms with van der Waals surface area (Å²) in [6.45, 7) is 3.91. The Hall–Kier alpha value is -1.35. The topological polar surface area (TPSA) is 40.5 Å². The van der Waals surface area contributed by atoms with Crippen molar-refractivity contribution in [2.24, 2.45) is 11.8 Å². The van der Waals surface area contributed by atoms with E-state index in [4.69, 9.17) is 0 Å². The molecule has 2 rings (SSSR count). The molecule has 1 N–H and O–H groups in total. The first-order valence-corrected chi connectivity index (χ1v) is 7.54. The third-order valence-corrected chi connectivity index (χ3v) is 4.47. The number of benzene rings is 1. The fraction of sp³-hybridized carbons (Fsp3) is 0.588. The minimum Gasteiger partial charge on any atom is -0.481 e. The predicted molar refractivity (Wildman–Crippen MR) is 80.6 cm³/mol. The van der Waals surface area contributed by atoms with Gasteiger partial charge in [0.25, 0.3) is 0 Å². The molecule has 1 saturated carbocycles. The number of carboxylic acid groups (broad SMARTS) is 1. The lowest BCUT2D eigenvalue weighted by atomic mass is 9.79. The molecule has 3 nitrogen and oxygen atoms in total. The van der Waals surface area contributed by atoms with Crippen LogP contribution in [0.5, 0.6) is 0 Å². The zero-order valence-corrected chi connectivity index (χ0v) is 12.5. The zero-order valence-electron chi connectivity index (χ0n) is 12.5. The lowest BCUT2D eigenvalue weighted by molar-refractivity contribution is -0.145. The maximum absolute atomic E-state index is 11.3. The first-order valence-electron chi connectivity index (χ1n) is 7.54. The number of carboxylic acids is 1. The quantitative estimate of drug-likeness (QED) is 0.896. The first-order chi connectivity index (χ1) is 9.58. The van der Waals surface area contributed by atoms with E-state index < -0.39 is 5.97 Å². The third-order valence-electron chi connectivity index (χ3n) is 4.47. The summed E-state index contributed by atoms with van der Waals surface area (Å²) < 4.78 is 0. The summed E-state index contributed by atoms with van der Waals surface area (Å²) in [5.74, 6) is -0.461. The van der Waals surface area contributed by atoms with E-state index in [0.717, 1.165) is 32.4 Å². The highest BCUT2D eigenvalue weighted by Gasteiger charge is 2.31. The van der Waals surface area contributed by atoms with E-state index >= 15 is 0 Å². The van der Waals surface area contributed by atoms with Gasteiger partial charge in [-0.2, -0.15) is 0 Å². The molecule has 0 aromatic heterocycles. The zero-order chi connectivity index (χ0) is 14.5. The molecule has 1 fully saturated rings. The number of aliphatic carboxylic acids is 1. The van der Waals surface area contributed by atoms with Crippen LogP contribution in [0.3, 0.4) is 0 Å². The first kappa shape index (κ1) is 15.0. The smallest absolute Gasteiger partial charge is 0.306 e. The molecule has 0 amide bonds. The van der Waals surface area contributed by atoms with Crippen LogP contribution in [0.1, 0.15) is 36.8 Å². The average Bonchev–Trinajstić information content (AvgIpc) is 2.41. The van der Waals surface area contributed by atoms with Gasteiger partial charge in [0.2, 0.25) is 0 Å². The molecule has 1 aliphatic carbocycles. The fourth-order valence-electron chi connectivity index (χ4n) is 3.29. The van der Waals surface area contributed by atoms with E-state index in [1.54, 1.807) is 0 Å². The van der Waals surface area contributed by atoms with Crippen molar-refractivity contribution in [1.29, 1.82) is 0 Å². The minimum absolute atomic E-state index is 0.150. The standard InChI is InChI=1S/C17H25NO2/c1-13-7-3-4-8-14(13)11-18(2)12-15-9-5-6-10-16(15)17(19)20/h3-4,7-8,15-16H,5-6,9-12H2,1-2H3,(H,19,20)/t15-,16+/m1/s1. The summed E-state index contributed by atoms with van der Waals surface area (Å²) in [4.78, 5) is 13.6. The molecule has 1 aliphatic rings. The van der Waals surface area contributed by atoms with Crippen molar-refractivity contribution in [3.05, 3.63) is 35.4 Å². The van der Waals surface area contributed by atoms with Gasteiger partial charge in [-0.3, -0.25) is 4.79 Å². The minimum atomic E-state index is -0.612. The Balaban J connectivity index is 1.94. The molecule has 1 aromatic carbocycles. The molecule has 2 atom stereocenters. The predicted octanol–water partition coefficient (Wildman–Crippen LogP) is 3.32. The molecular formula is C17H25NO2. The van der Waals surface area contributed by atoms with Crippen molar-refractivity contribution in [2.75, 3.05) is 13.6 Å². The second-order valence-corrected chi connectivity index (χ2v) is 6.11. The number of rotatable bonds is 5. The van der Waals surface area contributed by atoms with Crippen LogP contribution in [0.2, 0.25) is 0 Å². The normalized spacial score (nSPS) is 22.9. The van der Waals surface area contributed by atoms with Crippen LogP contribution in [0.25, 0.3) is 0 Å². The monoisotopic (exact) mass is 275 g/mol. The average molecular weight is 275 g/mol. The maximum atomic E-state index is 11.3. The summed E-state index contributed by atoms with van der Waals surface area (Å²) in [5, 5.41) is 9.34. The van der Waals surface area contributed by atoms with E-state index in [2.05, 4.69) is 43.1 Å². The number of carbonyl (C=O) groups is 1. The lowest BCUT2D eigenvalue weighted by Crippen LogP contribution is -2.35. The van der Waals surface area contributed by atoms with E-state index in [9.17, 15) is 9.90 Å². The van der Waals surface area contributed by atoms with E-state index in [1.807, 2.05) is 0 Å². The highest BCUT2D eigenvalue weighted by molar-refractivity contribution is 5.70. The number of aryl methyl sites for hydroxylation is 1. The van der Waals surface area contributed by atoms with Crippen LogP contribution in [-0.2, 0) is 11.3 Å². The molecule has 20 heavy (non-hydrogen) atoms. The fourth-order valence-corrected chi connectivity index (χ4v) is 3.29. The summed E-state index contributed by atoms with van der Waals surface area (Å²) in [6, 6.07) is 8.41. The van der Waals surface area contributed by atoms with Gasteiger partial charge in [0.05, 0.1) is 5.92 Å². The Bertz CT molecular complexity index is 458. The Labute approximate surface area is 121 Å². The van der Waals surface area contributed by atoms with Crippen LogP contribution >= 0.6 is 0 Å². The molecule has 1 aromatic rings. The van der Waals surface area contributed by atoms with Crippen molar-refractivity contribution in [3.63, 3.8) is 0 Å². The van der Waals surface area contributed by atoms with Crippen molar-refractivity contribution in [2.45, 2.75) is 39.2 Å². The molecular weight excluding hydrogens is 250 g/mol. The third kappa shape index (κ3) is 3.83. The number of hydrogen-bond acceptors (Lipinski definition) is 2. The van der Waals surface area contributed by atoms with Gasteiger partial charge in [-0.15, -0.1) is 0 Å². The van der Waals surface area contributed by atoms with Gasteiger partial charge in [0.1, 0.15) is 0 Å². The highest BCUT2D eigenvalue weighted by atomic mass is 16.4. The van der Waals surface area contributed by atoms with Crippen LogP contribution in [0.15, 0.2) is 24.3 Å². The van der Waals surface area contributed by atoms with Crippen molar-refractivity contribution in [1.82, 2.24) is 4.90 Å². The van der Waals surface area contributed by atoms with Gasteiger partial charge in [-0.25, -0.2) is 0 Å². The van der Waals surface area contributed by atoms with Gasteiger partial charge in [-0.05, 0) is 43.9 Å². The number of hydrogen-bond donors (Lipinski definition) is 1. The van der Waals surface area contributed by atoms with Crippen LogP contribution in [0.4, 0.5) is 0 Å². The largest absolute Gasteiger partial charge is 0.481 e. The summed E-state index contributed by atoms with van der Waals surface area (Å²) in [7, 11) is 2.10.